The second-order valence-corrected chi connectivity index (χ2v) is 10.1. The molecule has 4 nitrogen and oxygen atoms in total. The molecule has 0 radical (unpaired) electrons. The SMILES string of the molecule is CC(C)(C)c1ccc(CN(CCc2ccc(Cl)c(Cl)c2)C(=O)c2nccc3cc[nH]c23)cc1. The molecular formula is C27H27Cl2N3O. The van der Waals surface area contributed by atoms with Crippen molar-refractivity contribution in [1.29, 1.82) is 0 Å². The summed E-state index contributed by atoms with van der Waals surface area (Å²) in [6, 6.07) is 17.9. The average Bonchev–Trinajstić information content (AvgIpc) is 3.27. The fourth-order valence-corrected chi connectivity index (χ4v) is 4.16. The Balaban J connectivity index is 1.61. The van der Waals surface area contributed by atoms with Gasteiger partial charge in [-0.15, -0.1) is 0 Å². The highest BCUT2D eigenvalue weighted by atomic mass is 35.5. The fourth-order valence-electron chi connectivity index (χ4n) is 3.84. The van der Waals surface area contributed by atoms with Crippen LogP contribution < -0.4 is 0 Å². The molecule has 4 rings (SSSR count). The maximum absolute atomic E-state index is 13.6. The predicted molar refractivity (Wildman–Crippen MR) is 136 cm³/mol. The van der Waals surface area contributed by atoms with Crippen molar-refractivity contribution in [2.45, 2.75) is 39.2 Å². The summed E-state index contributed by atoms with van der Waals surface area (Å²) in [4.78, 5) is 23.0. The van der Waals surface area contributed by atoms with Gasteiger partial charge >= 0.3 is 0 Å². The van der Waals surface area contributed by atoms with Crippen LogP contribution in [0.3, 0.4) is 0 Å². The molecule has 4 aromatic rings. The van der Waals surface area contributed by atoms with E-state index >= 15 is 0 Å². The minimum atomic E-state index is -0.108. The van der Waals surface area contributed by atoms with Crippen LogP contribution in [0.25, 0.3) is 10.9 Å². The summed E-state index contributed by atoms with van der Waals surface area (Å²) in [6.45, 7) is 7.59. The first-order chi connectivity index (χ1) is 15.7. The second kappa shape index (κ2) is 9.58. The summed E-state index contributed by atoms with van der Waals surface area (Å²) in [5.41, 5.74) is 4.62. The Morgan fingerprint density at radius 1 is 0.970 bits per heavy atom. The van der Waals surface area contributed by atoms with Crippen LogP contribution in [-0.2, 0) is 18.4 Å². The summed E-state index contributed by atoms with van der Waals surface area (Å²) in [5.74, 6) is -0.108. The number of pyridine rings is 1. The van der Waals surface area contributed by atoms with Gasteiger partial charge in [-0.2, -0.15) is 0 Å². The first-order valence-electron chi connectivity index (χ1n) is 11.0. The van der Waals surface area contributed by atoms with Crippen molar-refractivity contribution in [3.05, 3.63) is 99.4 Å². The minimum Gasteiger partial charge on any atom is -0.359 e. The van der Waals surface area contributed by atoms with Crippen molar-refractivity contribution < 1.29 is 4.79 Å². The number of carbonyl (C=O) groups is 1. The van der Waals surface area contributed by atoms with E-state index in [9.17, 15) is 4.79 Å². The summed E-state index contributed by atoms with van der Waals surface area (Å²) in [7, 11) is 0. The molecule has 2 heterocycles. The van der Waals surface area contributed by atoms with Gasteiger partial charge in [-0.3, -0.25) is 4.79 Å². The van der Waals surface area contributed by atoms with Crippen molar-refractivity contribution in [3.63, 3.8) is 0 Å². The molecule has 170 valence electrons. The van der Waals surface area contributed by atoms with E-state index in [1.807, 2.05) is 35.4 Å². The average molecular weight is 480 g/mol. The smallest absolute Gasteiger partial charge is 0.274 e. The molecule has 0 aliphatic carbocycles. The highest BCUT2D eigenvalue weighted by Crippen LogP contribution is 2.25. The van der Waals surface area contributed by atoms with Gasteiger partial charge in [0.2, 0.25) is 0 Å². The van der Waals surface area contributed by atoms with Crippen LogP contribution in [0.4, 0.5) is 0 Å². The number of carbonyl (C=O) groups excluding carboxylic acids is 1. The highest BCUT2D eigenvalue weighted by molar-refractivity contribution is 6.42. The molecule has 6 heteroatoms. The van der Waals surface area contributed by atoms with Gasteiger partial charge in [0.15, 0.2) is 5.69 Å². The molecule has 0 aliphatic heterocycles. The van der Waals surface area contributed by atoms with Crippen LogP contribution in [0, 0.1) is 0 Å². The number of nitrogens with zero attached hydrogens (tertiary/aromatic N) is 2. The van der Waals surface area contributed by atoms with Crippen LogP contribution >= 0.6 is 23.2 Å². The van der Waals surface area contributed by atoms with Crippen molar-refractivity contribution in [2.24, 2.45) is 0 Å². The number of benzene rings is 2. The van der Waals surface area contributed by atoms with Crippen molar-refractivity contribution in [2.75, 3.05) is 6.54 Å². The topological polar surface area (TPSA) is 49.0 Å². The third kappa shape index (κ3) is 5.40. The summed E-state index contributed by atoms with van der Waals surface area (Å²) < 4.78 is 0. The van der Waals surface area contributed by atoms with Gasteiger partial charge in [-0.05, 0) is 52.8 Å². The number of H-pyrrole nitrogens is 1. The first-order valence-corrected chi connectivity index (χ1v) is 11.7. The Kier molecular flexibility index (Phi) is 6.78. The lowest BCUT2D eigenvalue weighted by molar-refractivity contribution is 0.0741. The van der Waals surface area contributed by atoms with Crippen molar-refractivity contribution in [3.8, 4) is 0 Å². The normalized spacial score (nSPS) is 11.7. The van der Waals surface area contributed by atoms with Crippen LogP contribution in [0.1, 0.15) is 48.0 Å². The lowest BCUT2D eigenvalue weighted by atomic mass is 9.87. The second-order valence-electron chi connectivity index (χ2n) is 9.27. The molecule has 2 aromatic carbocycles. The standard InChI is InChI=1S/C27H27Cl2N3O/c1-27(2,3)21-7-4-19(5-8-21)17-32(15-12-18-6-9-22(28)23(29)16-18)26(33)25-24-20(10-13-30-24)11-14-31-25/h4-11,13-14,16,30H,12,15,17H2,1-3H3. The quantitative estimate of drug-likeness (QED) is 0.321. The monoisotopic (exact) mass is 479 g/mol. The third-order valence-corrected chi connectivity index (χ3v) is 6.55. The van der Waals surface area contributed by atoms with Gasteiger partial charge in [0, 0.05) is 30.9 Å². The molecule has 33 heavy (non-hydrogen) atoms. The van der Waals surface area contributed by atoms with Gasteiger partial charge in [0.25, 0.3) is 5.91 Å². The maximum Gasteiger partial charge on any atom is 0.274 e. The molecule has 0 spiro atoms. The number of fused-ring (bicyclic) bond motifs is 1. The van der Waals surface area contributed by atoms with E-state index in [-0.39, 0.29) is 11.3 Å². The van der Waals surface area contributed by atoms with E-state index in [4.69, 9.17) is 23.2 Å². The highest BCUT2D eigenvalue weighted by Gasteiger charge is 2.21. The molecule has 0 aliphatic rings. The maximum atomic E-state index is 13.6. The summed E-state index contributed by atoms with van der Waals surface area (Å²) >= 11 is 12.3. The number of aromatic amines is 1. The number of aromatic nitrogens is 2. The molecule has 0 saturated heterocycles. The van der Waals surface area contributed by atoms with Gasteiger partial charge in [0.1, 0.15) is 0 Å². The van der Waals surface area contributed by atoms with E-state index in [0.717, 1.165) is 22.0 Å². The molecule has 1 amide bonds. The molecular weight excluding hydrogens is 453 g/mol. The molecule has 0 saturated carbocycles. The number of hydrogen-bond donors (Lipinski definition) is 1. The lowest BCUT2D eigenvalue weighted by Crippen LogP contribution is -2.33. The number of rotatable bonds is 6. The minimum absolute atomic E-state index is 0.0784. The zero-order chi connectivity index (χ0) is 23.6. The Morgan fingerprint density at radius 2 is 1.70 bits per heavy atom. The number of nitrogens with one attached hydrogen (secondary N) is 1. The zero-order valence-electron chi connectivity index (χ0n) is 19.0. The van der Waals surface area contributed by atoms with E-state index < -0.39 is 0 Å². The Morgan fingerprint density at radius 3 is 2.39 bits per heavy atom. The summed E-state index contributed by atoms with van der Waals surface area (Å²) in [6.07, 6.45) is 4.16. The Bertz CT molecular complexity index is 1270. The number of hydrogen-bond acceptors (Lipinski definition) is 2. The van der Waals surface area contributed by atoms with E-state index in [0.29, 0.717) is 35.2 Å². The van der Waals surface area contributed by atoms with Gasteiger partial charge in [-0.25, -0.2) is 4.98 Å². The van der Waals surface area contributed by atoms with Crippen LogP contribution in [-0.4, -0.2) is 27.3 Å². The van der Waals surface area contributed by atoms with Crippen molar-refractivity contribution in [1.82, 2.24) is 14.9 Å². The van der Waals surface area contributed by atoms with Crippen LogP contribution in [0.15, 0.2) is 67.0 Å². The third-order valence-electron chi connectivity index (χ3n) is 5.81. The molecule has 0 atom stereocenters. The van der Waals surface area contributed by atoms with E-state index in [2.05, 4.69) is 55.0 Å². The number of amides is 1. The van der Waals surface area contributed by atoms with Gasteiger partial charge < -0.3 is 9.88 Å². The van der Waals surface area contributed by atoms with Crippen molar-refractivity contribution >= 4 is 40.0 Å². The van der Waals surface area contributed by atoms with Gasteiger partial charge in [0.05, 0.1) is 15.6 Å². The van der Waals surface area contributed by atoms with Crippen LogP contribution in [0.2, 0.25) is 10.0 Å². The predicted octanol–water partition coefficient (Wildman–Crippen LogP) is 7.05. The van der Waals surface area contributed by atoms with Gasteiger partial charge in [-0.1, -0.05) is 74.3 Å². The van der Waals surface area contributed by atoms with Crippen LogP contribution in [0.5, 0.6) is 0 Å². The fraction of sp³-hybridized carbons (Fsp3) is 0.259. The summed E-state index contributed by atoms with van der Waals surface area (Å²) in [5, 5.41) is 2.00. The Labute approximate surface area is 204 Å². The Hall–Kier alpha value is -2.82. The largest absolute Gasteiger partial charge is 0.359 e. The molecule has 1 N–H and O–H groups in total. The molecule has 0 unspecified atom stereocenters. The molecule has 0 bridgehead atoms. The molecule has 0 fully saturated rings. The zero-order valence-corrected chi connectivity index (χ0v) is 20.5. The van der Waals surface area contributed by atoms with E-state index in [1.165, 1.54) is 5.56 Å². The first kappa shape index (κ1) is 23.3. The van der Waals surface area contributed by atoms with E-state index in [1.54, 1.807) is 12.3 Å². The molecule has 2 aromatic heterocycles. The number of halogens is 2. The lowest BCUT2D eigenvalue weighted by Gasteiger charge is -2.24.